The van der Waals surface area contributed by atoms with Crippen LogP contribution < -0.4 is 11.1 Å². The van der Waals surface area contributed by atoms with Gasteiger partial charge in [-0.15, -0.1) is 23.1 Å². The number of amides is 1. The lowest BCUT2D eigenvalue weighted by Crippen LogP contribution is -2.29. The molecule has 0 unspecified atom stereocenters. The SMILES string of the molecule is N#Cc1c(NC(=O)CSc2cccc(N)c2)sc2c1CCN(Cc1ccccc1)C2. The largest absolute Gasteiger partial charge is 0.399 e. The molecule has 0 fully saturated rings. The number of thioether (sulfide) groups is 1. The predicted molar refractivity (Wildman–Crippen MR) is 124 cm³/mol. The zero-order valence-electron chi connectivity index (χ0n) is 16.4. The molecular formula is C23H22N4OS2. The van der Waals surface area contributed by atoms with Crippen LogP contribution in [-0.2, 0) is 24.3 Å². The number of hydrogen-bond donors (Lipinski definition) is 2. The molecule has 3 aromatic rings. The molecule has 152 valence electrons. The van der Waals surface area contributed by atoms with Crippen molar-refractivity contribution < 1.29 is 4.79 Å². The average molecular weight is 435 g/mol. The Kier molecular flexibility index (Phi) is 6.38. The number of carbonyl (C=O) groups is 1. The maximum Gasteiger partial charge on any atom is 0.235 e. The van der Waals surface area contributed by atoms with Crippen molar-refractivity contribution in [2.24, 2.45) is 0 Å². The van der Waals surface area contributed by atoms with Crippen molar-refractivity contribution in [1.82, 2.24) is 4.90 Å². The first-order valence-corrected chi connectivity index (χ1v) is 11.5. The van der Waals surface area contributed by atoms with E-state index < -0.39 is 0 Å². The normalized spacial score (nSPS) is 13.4. The topological polar surface area (TPSA) is 82.1 Å². The second kappa shape index (κ2) is 9.35. The molecule has 0 saturated heterocycles. The first-order chi connectivity index (χ1) is 14.6. The number of thiophene rings is 1. The summed E-state index contributed by atoms with van der Waals surface area (Å²) >= 11 is 2.96. The molecule has 4 rings (SSSR count). The maximum atomic E-state index is 12.5. The standard InChI is InChI=1S/C23H22N4OS2/c24-12-20-19-9-10-27(13-16-5-2-1-3-6-16)14-21(19)30-23(20)26-22(28)15-29-18-8-4-7-17(25)11-18/h1-8,11H,9-10,13-15,25H2,(H,26,28). The van der Waals surface area contributed by atoms with Crippen LogP contribution in [0.15, 0.2) is 59.5 Å². The second-order valence-corrected chi connectivity index (χ2v) is 9.33. The van der Waals surface area contributed by atoms with E-state index in [2.05, 4.69) is 40.6 Å². The molecule has 0 aliphatic carbocycles. The number of nitrogen functional groups attached to an aromatic ring is 1. The Morgan fingerprint density at radius 1 is 1.23 bits per heavy atom. The van der Waals surface area contributed by atoms with Gasteiger partial charge in [0.1, 0.15) is 11.1 Å². The first kappa shape index (κ1) is 20.5. The van der Waals surface area contributed by atoms with E-state index in [-0.39, 0.29) is 11.7 Å². The van der Waals surface area contributed by atoms with Gasteiger partial charge in [0.25, 0.3) is 0 Å². The number of hydrogen-bond acceptors (Lipinski definition) is 6. The van der Waals surface area contributed by atoms with Crippen molar-refractivity contribution in [3.05, 3.63) is 76.2 Å². The number of benzene rings is 2. The van der Waals surface area contributed by atoms with Crippen molar-refractivity contribution >= 4 is 39.7 Å². The molecule has 5 nitrogen and oxygen atoms in total. The Bertz CT molecular complexity index is 1090. The molecule has 1 aromatic heterocycles. The van der Waals surface area contributed by atoms with E-state index in [0.717, 1.165) is 36.5 Å². The van der Waals surface area contributed by atoms with Crippen LogP contribution in [0, 0.1) is 11.3 Å². The summed E-state index contributed by atoms with van der Waals surface area (Å²) in [6, 6.07) is 20.2. The van der Waals surface area contributed by atoms with Crippen LogP contribution >= 0.6 is 23.1 Å². The summed E-state index contributed by atoms with van der Waals surface area (Å²) < 4.78 is 0. The fourth-order valence-electron chi connectivity index (χ4n) is 3.56. The minimum atomic E-state index is -0.112. The van der Waals surface area contributed by atoms with Crippen LogP contribution in [0.5, 0.6) is 0 Å². The maximum absolute atomic E-state index is 12.5. The molecule has 1 aliphatic rings. The van der Waals surface area contributed by atoms with E-state index in [9.17, 15) is 10.1 Å². The Balaban J connectivity index is 1.41. The lowest BCUT2D eigenvalue weighted by molar-refractivity contribution is -0.113. The smallest absolute Gasteiger partial charge is 0.235 e. The van der Waals surface area contributed by atoms with Gasteiger partial charge in [-0.2, -0.15) is 5.26 Å². The molecule has 1 amide bonds. The van der Waals surface area contributed by atoms with Gasteiger partial charge in [0.05, 0.1) is 11.3 Å². The van der Waals surface area contributed by atoms with Gasteiger partial charge in [0, 0.05) is 35.1 Å². The van der Waals surface area contributed by atoms with Gasteiger partial charge in [0.2, 0.25) is 5.91 Å². The molecule has 2 heterocycles. The molecule has 2 aromatic carbocycles. The Labute approximate surface area is 184 Å². The highest BCUT2D eigenvalue weighted by Crippen LogP contribution is 2.37. The number of nitrogens with two attached hydrogens (primary N) is 1. The highest BCUT2D eigenvalue weighted by molar-refractivity contribution is 8.00. The predicted octanol–water partition coefficient (Wildman–Crippen LogP) is 4.49. The van der Waals surface area contributed by atoms with Crippen LogP contribution in [0.3, 0.4) is 0 Å². The Hall–Kier alpha value is -2.79. The van der Waals surface area contributed by atoms with Crippen molar-refractivity contribution in [1.29, 1.82) is 5.26 Å². The number of anilines is 2. The first-order valence-electron chi connectivity index (χ1n) is 9.71. The van der Waals surface area contributed by atoms with Gasteiger partial charge in [-0.25, -0.2) is 0 Å². The van der Waals surface area contributed by atoms with Crippen LogP contribution in [0.1, 0.15) is 21.6 Å². The fourth-order valence-corrected chi connectivity index (χ4v) is 5.58. The van der Waals surface area contributed by atoms with Crippen molar-refractivity contribution in [2.75, 3.05) is 23.3 Å². The average Bonchev–Trinajstić information content (AvgIpc) is 3.09. The quantitative estimate of drug-likeness (QED) is 0.441. The van der Waals surface area contributed by atoms with Gasteiger partial charge in [-0.05, 0) is 35.7 Å². The number of rotatable bonds is 6. The summed E-state index contributed by atoms with van der Waals surface area (Å²) in [5.74, 6) is 0.162. The lowest BCUT2D eigenvalue weighted by atomic mass is 10.0. The minimum Gasteiger partial charge on any atom is -0.399 e. The van der Waals surface area contributed by atoms with Gasteiger partial charge in [-0.3, -0.25) is 9.69 Å². The zero-order valence-corrected chi connectivity index (χ0v) is 18.1. The molecule has 1 aliphatic heterocycles. The summed E-state index contributed by atoms with van der Waals surface area (Å²) in [5.41, 5.74) is 9.46. The third-order valence-corrected chi connectivity index (χ3v) is 7.10. The van der Waals surface area contributed by atoms with Gasteiger partial charge in [-0.1, -0.05) is 36.4 Å². The number of nitrogens with one attached hydrogen (secondary N) is 1. The summed E-state index contributed by atoms with van der Waals surface area (Å²) in [4.78, 5) is 17.0. The third kappa shape index (κ3) is 4.85. The summed E-state index contributed by atoms with van der Waals surface area (Å²) in [7, 11) is 0. The van der Waals surface area contributed by atoms with Crippen molar-refractivity contribution in [2.45, 2.75) is 24.4 Å². The van der Waals surface area contributed by atoms with Crippen LogP contribution in [0.2, 0.25) is 0 Å². The monoisotopic (exact) mass is 434 g/mol. The van der Waals surface area contributed by atoms with E-state index in [0.29, 0.717) is 16.3 Å². The molecule has 0 spiro atoms. The van der Waals surface area contributed by atoms with Gasteiger partial charge in [0.15, 0.2) is 0 Å². The molecule has 0 bridgehead atoms. The molecule has 0 atom stereocenters. The highest BCUT2D eigenvalue weighted by Gasteiger charge is 2.25. The lowest BCUT2D eigenvalue weighted by Gasteiger charge is -2.26. The highest BCUT2D eigenvalue weighted by atomic mass is 32.2. The number of nitrogens with zero attached hydrogens (tertiary/aromatic N) is 2. The summed E-state index contributed by atoms with van der Waals surface area (Å²) in [6.07, 6.45) is 0.829. The fraction of sp³-hybridized carbons (Fsp3) is 0.217. The van der Waals surface area contributed by atoms with Crippen LogP contribution in [0.4, 0.5) is 10.7 Å². The molecule has 0 radical (unpaired) electrons. The molecule has 30 heavy (non-hydrogen) atoms. The molecular weight excluding hydrogens is 412 g/mol. The Morgan fingerprint density at radius 2 is 2.07 bits per heavy atom. The molecule has 3 N–H and O–H groups in total. The van der Waals surface area contributed by atoms with E-state index in [1.54, 1.807) is 0 Å². The van der Waals surface area contributed by atoms with E-state index in [1.165, 1.54) is 33.5 Å². The van der Waals surface area contributed by atoms with Gasteiger partial charge >= 0.3 is 0 Å². The second-order valence-electron chi connectivity index (χ2n) is 7.18. The minimum absolute atomic E-state index is 0.112. The summed E-state index contributed by atoms with van der Waals surface area (Å²) in [6.45, 7) is 2.60. The molecule has 7 heteroatoms. The van der Waals surface area contributed by atoms with Crippen LogP contribution in [-0.4, -0.2) is 23.1 Å². The van der Waals surface area contributed by atoms with E-state index in [1.807, 2.05) is 30.3 Å². The zero-order chi connectivity index (χ0) is 20.9. The van der Waals surface area contributed by atoms with E-state index >= 15 is 0 Å². The molecule has 0 saturated carbocycles. The third-order valence-electron chi connectivity index (χ3n) is 4.98. The van der Waals surface area contributed by atoms with Gasteiger partial charge < -0.3 is 11.1 Å². The van der Waals surface area contributed by atoms with Crippen LogP contribution in [0.25, 0.3) is 0 Å². The van der Waals surface area contributed by atoms with Crippen molar-refractivity contribution in [3.63, 3.8) is 0 Å². The Morgan fingerprint density at radius 3 is 2.83 bits per heavy atom. The van der Waals surface area contributed by atoms with Crippen molar-refractivity contribution in [3.8, 4) is 6.07 Å². The number of fused-ring (bicyclic) bond motifs is 1. The van der Waals surface area contributed by atoms with E-state index in [4.69, 9.17) is 5.73 Å². The summed E-state index contributed by atoms with van der Waals surface area (Å²) in [5, 5.41) is 13.3. The number of nitriles is 1. The number of carbonyl (C=O) groups excluding carboxylic acids is 1.